The van der Waals surface area contributed by atoms with Crippen molar-refractivity contribution < 1.29 is 0 Å². The van der Waals surface area contributed by atoms with Crippen molar-refractivity contribution >= 4 is 34.3 Å². The van der Waals surface area contributed by atoms with Gasteiger partial charge in [-0.15, -0.1) is 16.4 Å². The molecule has 0 saturated carbocycles. The molecule has 0 saturated heterocycles. The smallest absolute Gasteiger partial charge is 0.243 e. The summed E-state index contributed by atoms with van der Waals surface area (Å²) in [4.78, 5) is 5.63. The van der Waals surface area contributed by atoms with Crippen molar-refractivity contribution in [1.29, 1.82) is 0 Å². The number of nitrogens with one attached hydrogen (secondary N) is 1. The highest BCUT2D eigenvalue weighted by Crippen LogP contribution is 2.29. The summed E-state index contributed by atoms with van der Waals surface area (Å²) >= 11 is 7.87. The standard InChI is InChI=1S/C18H20ClN5S/c1-4-6-15-14(9-11(2)20)12(3)16-17(22-18(19)23-24(15)16)21-10-13-7-5-8-25-13/h5,7-8,11H,9-10,20H2,1-3H3,(H,21,22,23)/t11-/m0/s1. The average Bonchev–Trinajstić information content (AvgIpc) is 3.15. The van der Waals surface area contributed by atoms with Crippen LogP contribution in [0, 0.1) is 18.8 Å². The maximum atomic E-state index is 6.17. The van der Waals surface area contributed by atoms with Gasteiger partial charge in [-0.05, 0) is 67.3 Å². The number of fused-ring (bicyclic) bond motifs is 1. The summed E-state index contributed by atoms with van der Waals surface area (Å²) in [5, 5.41) is 10.00. The van der Waals surface area contributed by atoms with E-state index < -0.39 is 0 Å². The summed E-state index contributed by atoms with van der Waals surface area (Å²) < 4.78 is 1.79. The highest BCUT2D eigenvalue weighted by Gasteiger charge is 2.20. The molecule has 0 unspecified atom stereocenters. The van der Waals surface area contributed by atoms with Crippen LogP contribution in [0.2, 0.25) is 5.28 Å². The molecule has 0 amide bonds. The average molecular weight is 374 g/mol. The van der Waals surface area contributed by atoms with Gasteiger partial charge in [-0.2, -0.15) is 4.98 Å². The first-order chi connectivity index (χ1) is 12.0. The summed E-state index contributed by atoms with van der Waals surface area (Å²) in [7, 11) is 0. The van der Waals surface area contributed by atoms with Crippen molar-refractivity contribution in [3.63, 3.8) is 0 Å². The minimum absolute atomic E-state index is 0.0273. The van der Waals surface area contributed by atoms with E-state index in [0.29, 0.717) is 12.4 Å². The van der Waals surface area contributed by atoms with Gasteiger partial charge in [0.2, 0.25) is 5.28 Å². The fraction of sp³-hybridized carbons (Fsp3) is 0.333. The fourth-order valence-electron chi connectivity index (χ4n) is 2.87. The van der Waals surface area contributed by atoms with Gasteiger partial charge >= 0.3 is 0 Å². The Kier molecular flexibility index (Phi) is 5.28. The van der Waals surface area contributed by atoms with Gasteiger partial charge in [0.15, 0.2) is 5.82 Å². The first kappa shape index (κ1) is 17.7. The first-order valence-electron chi connectivity index (χ1n) is 8.03. The van der Waals surface area contributed by atoms with Crippen molar-refractivity contribution in [1.82, 2.24) is 14.6 Å². The highest BCUT2D eigenvalue weighted by molar-refractivity contribution is 7.09. The third-order valence-electron chi connectivity index (χ3n) is 3.91. The molecule has 0 spiro atoms. The summed E-state index contributed by atoms with van der Waals surface area (Å²) in [6.07, 6.45) is 0.723. The fourth-order valence-corrected chi connectivity index (χ4v) is 3.68. The highest BCUT2D eigenvalue weighted by atomic mass is 35.5. The van der Waals surface area contributed by atoms with Gasteiger partial charge in [0.05, 0.1) is 6.54 Å². The number of aryl methyl sites for hydroxylation is 1. The van der Waals surface area contributed by atoms with E-state index in [-0.39, 0.29) is 11.3 Å². The maximum absolute atomic E-state index is 6.17. The number of aromatic nitrogens is 3. The zero-order chi connectivity index (χ0) is 18.0. The Labute approximate surface area is 156 Å². The number of hydrogen-bond donors (Lipinski definition) is 2. The lowest BCUT2D eigenvalue weighted by molar-refractivity contribution is 0.732. The molecule has 0 aliphatic rings. The monoisotopic (exact) mass is 373 g/mol. The summed E-state index contributed by atoms with van der Waals surface area (Å²) in [6.45, 7) is 6.53. The number of rotatable bonds is 5. The van der Waals surface area contributed by atoms with Crippen molar-refractivity contribution in [3.8, 4) is 11.8 Å². The largest absolute Gasteiger partial charge is 0.363 e. The lowest BCUT2D eigenvalue weighted by atomic mass is 10.0. The third-order valence-corrected chi connectivity index (χ3v) is 4.94. The molecule has 3 heterocycles. The molecule has 0 bridgehead atoms. The Bertz CT molecular complexity index is 948. The van der Waals surface area contributed by atoms with Crippen molar-refractivity contribution in [2.24, 2.45) is 5.73 Å². The van der Waals surface area contributed by atoms with Crippen molar-refractivity contribution in [3.05, 3.63) is 44.5 Å². The molecular formula is C18H20ClN5S. The molecule has 0 radical (unpaired) electrons. The van der Waals surface area contributed by atoms with Crippen LogP contribution in [-0.4, -0.2) is 20.6 Å². The summed E-state index contributed by atoms with van der Waals surface area (Å²) in [5.74, 6) is 6.82. The predicted octanol–water partition coefficient (Wildman–Crippen LogP) is 3.63. The van der Waals surface area contributed by atoms with E-state index in [9.17, 15) is 0 Å². The predicted molar refractivity (Wildman–Crippen MR) is 104 cm³/mol. The van der Waals surface area contributed by atoms with Gasteiger partial charge in [0, 0.05) is 10.9 Å². The quantitative estimate of drug-likeness (QED) is 0.670. The van der Waals surface area contributed by atoms with Crippen LogP contribution >= 0.6 is 22.9 Å². The Morgan fingerprint density at radius 1 is 1.48 bits per heavy atom. The van der Waals surface area contributed by atoms with Crippen LogP contribution in [0.4, 0.5) is 5.82 Å². The molecule has 1 atom stereocenters. The molecule has 7 heteroatoms. The van der Waals surface area contributed by atoms with Gasteiger partial charge < -0.3 is 11.1 Å². The SMILES string of the molecule is CC#Cc1c(C[C@H](C)N)c(C)c2c(NCc3cccs3)nc(Cl)nn12. The molecule has 0 aliphatic carbocycles. The molecule has 25 heavy (non-hydrogen) atoms. The Balaban J connectivity index is 2.15. The molecule has 0 fully saturated rings. The van der Waals surface area contributed by atoms with Gasteiger partial charge in [-0.1, -0.05) is 12.0 Å². The van der Waals surface area contributed by atoms with E-state index in [4.69, 9.17) is 17.3 Å². The van der Waals surface area contributed by atoms with Crippen molar-refractivity contribution in [2.45, 2.75) is 39.8 Å². The molecular weight excluding hydrogens is 354 g/mol. The lowest BCUT2D eigenvalue weighted by Crippen LogP contribution is -2.18. The van der Waals surface area contributed by atoms with Gasteiger partial charge in [-0.25, -0.2) is 4.52 Å². The molecule has 130 valence electrons. The van der Waals surface area contributed by atoms with Crippen LogP contribution in [-0.2, 0) is 13.0 Å². The van der Waals surface area contributed by atoms with Crippen LogP contribution in [0.3, 0.4) is 0 Å². The molecule has 5 nitrogen and oxygen atoms in total. The second kappa shape index (κ2) is 7.44. The molecule has 0 aliphatic heterocycles. The molecule has 3 aromatic rings. The van der Waals surface area contributed by atoms with Crippen LogP contribution in [0.25, 0.3) is 5.52 Å². The molecule has 3 aromatic heterocycles. The Hall–Kier alpha value is -2.07. The molecule has 0 aromatic carbocycles. The third kappa shape index (κ3) is 3.64. The van der Waals surface area contributed by atoms with E-state index in [1.54, 1.807) is 15.9 Å². The summed E-state index contributed by atoms with van der Waals surface area (Å²) in [5.41, 5.74) is 9.95. The molecule has 3 rings (SSSR count). The van der Waals surface area contributed by atoms with E-state index in [1.165, 1.54) is 4.88 Å². The van der Waals surface area contributed by atoms with E-state index in [1.807, 2.05) is 19.9 Å². The van der Waals surface area contributed by atoms with Crippen molar-refractivity contribution in [2.75, 3.05) is 5.32 Å². The van der Waals surface area contributed by atoms with E-state index in [0.717, 1.165) is 28.8 Å². The number of hydrogen-bond acceptors (Lipinski definition) is 5. The minimum atomic E-state index is 0.0273. The summed E-state index contributed by atoms with van der Waals surface area (Å²) in [6, 6.07) is 4.14. The van der Waals surface area contributed by atoms with Gasteiger partial charge in [-0.3, -0.25) is 0 Å². The zero-order valence-electron chi connectivity index (χ0n) is 14.4. The number of nitrogens with two attached hydrogens (primary N) is 1. The second-order valence-electron chi connectivity index (χ2n) is 5.93. The van der Waals surface area contributed by atoms with Crippen LogP contribution in [0.5, 0.6) is 0 Å². The topological polar surface area (TPSA) is 68.2 Å². The van der Waals surface area contributed by atoms with E-state index in [2.05, 4.69) is 45.6 Å². The number of nitrogens with zero attached hydrogens (tertiary/aromatic N) is 3. The van der Waals surface area contributed by atoms with Crippen LogP contribution in [0.1, 0.15) is 35.5 Å². The molecule has 3 N–H and O–H groups in total. The number of thiophene rings is 1. The Morgan fingerprint density at radius 2 is 2.28 bits per heavy atom. The second-order valence-corrected chi connectivity index (χ2v) is 7.30. The van der Waals surface area contributed by atoms with E-state index >= 15 is 0 Å². The zero-order valence-corrected chi connectivity index (χ0v) is 16.0. The van der Waals surface area contributed by atoms with Crippen LogP contribution in [0.15, 0.2) is 17.5 Å². The minimum Gasteiger partial charge on any atom is -0.363 e. The lowest BCUT2D eigenvalue weighted by Gasteiger charge is -2.08. The van der Waals surface area contributed by atoms with Gasteiger partial charge in [0.1, 0.15) is 11.2 Å². The Morgan fingerprint density at radius 3 is 2.92 bits per heavy atom. The van der Waals surface area contributed by atoms with Crippen LogP contribution < -0.4 is 11.1 Å². The maximum Gasteiger partial charge on any atom is 0.243 e. The first-order valence-corrected chi connectivity index (χ1v) is 9.29. The van der Waals surface area contributed by atoms with Gasteiger partial charge in [0.25, 0.3) is 0 Å². The number of anilines is 1. The normalized spacial score (nSPS) is 12.0. The number of halogens is 1.